The Kier molecular flexibility index (Phi) is 4.04. The number of nitriles is 1. The van der Waals surface area contributed by atoms with Crippen molar-refractivity contribution in [1.82, 2.24) is 0 Å². The summed E-state index contributed by atoms with van der Waals surface area (Å²) in [7, 11) is 0. The van der Waals surface area contributed by atoms with Crippen LogP contribution >= 0.6 is 12.2 Å². The smallest absolute Gasteiger partial charge is 0.256 e. The molecule has 2 aromatic rings. The molecule has 4 nitrogen and oxygen atoms in total. The molecule has 2 aromatic carbocycles. The summed E-state index contributed by atoms with van der Waals surface area (Å²) in [6.45, 7) is 3.74. The quantitative estimate of drug-likeness (QED) is 0.785. The van der Waals surface area contributed by atoms with E-state index in [0.29, 0.717) is 10.8 Å². The van der Waals surface area contributed by atoms with Crippen LogP contribution in [0.5, 0.6) is 0 Å². The number of halogens is 1. The van der Waals surface area contributed by atoms with Crippen LogP contribution < -0.4 is 9.80 Å². The highest BCUT2D eigenvalue weighted by Gasteiger charge is 2.41. The van der Waals surface area contributed by atoms with E-state index >= 15 is 0 Å². The number of rotatable bonds is 2. The molecule has 0 saturated carbocycles. The molecule has 24 heavy (non-hydrogen) atoms. The molecular weight excluding hydrogens is 325 g/mol. The largest absolute Gasteiger partial charge is 0.306 e. The molecule has 1 heterocycles. The molecule has 1 aliphatic heterocycles. The zero-order valence-electron chi connectivity index (χ0n) is 13.2. The van der Waals surface area contributed by atoms with E-state index in [0.717, 1.165) is 17.3 Å². The van der Waals surface area contributed by atoms with E-state index in [4.69, 9.17) is 17.5 Å². The maximum absolute atomic E-state index is 13.9. The zero-order chi connectivity index (χ0) is 17.4. The number of carbonyl (C=O) groups is 1. The fraction of sp³-hybridized carbons (Fsp3) is 0.167. The van der Waals surface area contributed by atoms with E-state index in [1.165, 1.54) is 17.0 Å². The second kappa shape index (κ2) is 6.02. The standard InChI is InChI=1S/C18H14FN3OS/c1-11-3-6-14(7-4-11)21-12(2)17(23)22(18(21)24)15-8-5-13(10-20)16(19)9-15/h3-9,12H,1-2H3. The fourth-order valence-corrected chi connectivity index (χ4v) is 3.13. The minimum Gasteiger partial charge on any atom is -0.306 e. The molecule has 0 radical (unpaired) electrons. The summed E-state index contributed by atoms with van der Waals surface area (Å²) in [5.74, 6) is -0.906. The van der Waals surface area contributed by atoms with Crippen molar-refractivity contribution in [3.8, 4) is 6.07 Å². The Morgan fingerprint density at radius 2 is 1.79 bits per heavy atom. The summed E-state index contributed by atoms with van der Waals surface area (Å²) >= 11 is 5.46. The third-order valence-electron chi connectivity index (χ3n) is 4.01. The third-order valence-corrected chi connectivity index (χ3v) is 4.39. The number of benzene rings is 2. The van der Waals surface area contributed by atoms with Gasteiger partial charge in [0.1, 0.15) is 17.9 Å². The average Bonchev–Trinajstić information content (AvgIpc) is 2.78. The number of hydrogen-bond donors (Lipinski definition) is 0. The minimum atomic E-state index is -0.674. The fourth-order valence-electron chi connectivity index (χ4n) is 2.68. The van der Waals surface area contributed by atoms with Crippen LogP contribution in [0.1, 0.15) is 18.1 Å². The second-order valence-corrected chi connectivity index (χ2v) is 5.98. The lowest BCUT2D eigenvalue weighted by atomic mass is 10.2. The molecule has 1 aliphatic rings. The van der Waals surface area contributed by atoms with Gasteiger partial charge in [0.2, 0.25) is 0 Å². The summed E-state index contributed by atoms with van der Waals surface area (Å²) < 4.78 is 13.9. The Labute approximate surface area is 144 Å². The lowest BCUT2D eigenvalue weighted by Crippen LogP contribution is -2.33. The maximum Gasteiger partial charge on any atom is 0.256 e. The van der Waals surface area contributed by atoms with Crippen LogP contribution in [0, 0.1) is 24.1 Å². The molecule has 1 saturated heterocycles. The first-order valence-electron chi connectivity index (χ1n) is 7.37. The van der Waals surface area contributed by atoms with Gasteiger partial charge in [0, 0.05) is 5.69 Å². The Morgan fingerprint density at radius 1 is 1.17 bits per heavy atom. The van der Waals surface area contributed by atoms with Gasteiger partial charge in [-0.05, 0) is 56.4 Å². The number of anilines is 2. The molecule has 0 aromatic heterocycles. The molecular formula is C18H14FN3OS. The van der Waals surface area contributed by atoms with Gasteiger partial charge in [0.15, 0.2) is 5.11 Å². The van der Waals surface area contributed by atoms with Gasteiger partial charge in [-0.1, -0.05) is 17.7 Å². The lowest BCUT2D eigenvalue weighted by Gasteiger charge is -2.22. The normalized spacial score (nSPS) is 17.3. The summed E-state index contributed by atoms with van der Waals surface area (Å²) in [6.07, 6.45) is 0. The average molecular weight is 339 g/mol. The molecule has 1 unspecified atom stereocenters. The summed E-state index contributed by atoms with van der Waals surface area (Å²) in [4.78, 5) is 15.7. The van der Waals surface area contributed by atoms with E-state index in [2.05, 4.69) is 0 Å². The first-order valence-corrected chi connectivity index (χ1v) is 7.78. The molecule has 0 spiro atoms. The number of amides is 1. The Hall–Kier alpha value is -2.78. The summed E-state index contributed by atoms with van der Waals surface area (Å²) in [5, 5.41) is 9.12. The van der Waals surface area contributed by atoms with Crippen molar-refractivity contribution in [3.63, 3.8) is 0 Å². The highest BCUT2D eigenvalue weighted by molar-refractivity contribution is 7.81. The summed E-state index contributed by atoms with van der Waals surface area (Å²) in [6, 6.07) is 13.0. The number of thiocarbonyl (C=S) groups is 1. The third kappa shape index (κ3) is 2.53. The van der Waals surface area contributed by atoms with Crippen molar-refractivity contribution in [2.24, 2.45) is 0 Å². The number of aryl methyl sites for hydroxylation is 1. The highest BCUT2D eigenvalue weighted by atomic mass is 32.1. The molecule has 1 amide bonds. The molecule has 6 heteroatoms. The van der Waals surface area contributed by atoms with Crippen molar-refractivity contribution in [1.29, 1.82) is 5.26 Å². The SMILES string of the molecule is Cc1ccc(N2C(=S)N(c3ccc(C#N)c(F)c3)C(=O)C2C)cc1. The van der Waals surface area contributed by atoms with E-state index in [-0.39, 0.29) is 11.5 Å². The Balaban J connectivity index is 2.00. The van der Waals surface area contributed by atoms with Gasteiger partial charge in [0.25, 0.3) is 5.91 Å². The molecule has 3 rings (SSSR count). The van der Waals surface area contributed by atoms with E-state index < -0.39 is 11.9 Å². The molecule has 0 bridgehead atoms. The van der Waals surface area contributed by atoms with Gasteiger partial charge >= 0.3 is 0 Å². The lowest BCUT2D eigenvalue weighted by molar-refractivity contribution is -0.117. The zero-order valence-corrected chi connectivity index (χ0v) is 14.0. The molecule has 0 N–H and O–H groups in total. The van der Waals surface area contributed by atoms with Gasteiger partial charge < -0.3 is 4.90 Å². The number of carbonyl (C=O) groups excluding carboxylic acids is 1. The molecule has 0 aliphatic carbocycles. The van der Waals surface area contributed by atoms with E-state index in [9.17, 15) is 9.18 Å². The van der Waals surface area contributed by atoms with Crippen molar-refractivity contribution < 1.29 is 9.18 Å². The monoisotopic (exact) mass is 339 g/mol. The van der Waals surface area contributed by atoms with Crippen molar-refractivity contribution in [2.45, 2.75) is 19.9 Å². The van der Waals surface area contributed by atoms with Crippen molar-refractivity contribution in [2.75, 3.05) is 9.80 Å². The molecule has 120 valence electrons. The minimum absolute atomic E-state index is 0.0697. The van der Waals surface area contributed by atoms with Crippen LogP contribution in [0.3, 0.4) is 0 Å². The second-order valence-electron chi connectivity index (χ2n) is 5.61. The summed E-state index contributed by atoms with van der Waals surface area (Å²) in [5.41, 5.74) is 2.17. The van der Waals surface area contributed by atoms with Gasteiger partial charge in [0.05, 0.1) is 11.3 Å². The van der Waals surface area contributed by atoms with Crippen LogP contribution in [0.4, 0.5) is 15.8 Å². The predicted molar refractivity (Wildman–Crippen MR) is 94.3 cm³/mol. The predicted octanol–water partition coefficient (Wildman–Crippen LogP) is 3.53. The molecule has 1 atom stereocenters. The first kappa shape index (κ1) is 16.1. The van der Waals surface area contributed by atoms with Crippen LogP contribution in [-0.2, 0) is 4.79 Å². The Bertz CT molecular complexity index is 873. The van der Waals surface area contributed by atoms with E-state index in [1.807, 2.05) is 31.2 Å². The number of hydrogen-bond acceptors (Lipinski definition) is 3. The van der Waals surface area contributed by atoms with Gasteiger partial charge in [-0.3, -0.25) is 9.69 Å². The number of nitrogens with zero attached hydrogens (tertiary/aromatic N) is 3. The molecule has 1 fully saturated rings. The Morgan fingerprint density at radius 3 is 2.38 bits per heavy atom. The van der Waals surface area contributed by atoms with Crippen molar-refractivity contribution >= 4 is 34.6 Å². The van der Waals surface area contributed by atoms with Crippen LogP contribution in [0.15, 0.2) is 42.5 Å². The van der Waals surface area contributed by atoms with Gasteiger partial charge in [-0.15, -0.1) is 0 Å². The van der Waals surface area contributed by atoms with Crippen molar-refractivity contribution in [3.05, 3.63) is 59.4 Å². The topological polar surface area (TPSA) is 47.3 Å². The van der Waals surface area contributed by atoms with E-state index in [1.54, 1.807) is 17.9 Å². The van der Waals surface area contributed by atoms with Crippen LogP contribution in [0.2, 0.25) is 0 Å². The highest BCUT2D eigenvalue weighted by Crippen LogP contribution is 2.30. The van der Waals surface area contributed by atoms with Gasteiger partial charge in [-0.2, -0.15) is 5.26 Å². The van der Waals surface area contributed by atoms with Gasteiger partial charge in [-0.25, -0.2) is 4.39 Å². The first-order chi connectivity index (χ1) is 11.4. The van der Waals surface area contributed by atoms with Crippen LogP contribution in [-0.4, -0.2) is 17.1 Å². The van der Waals surface area contributed by atoms with Crippen LogP contribution in [0.25, 0.3) is 0 Å². The maximum atomic E-state index is 13.9.